The van der Waals surface area contributed by atoms with Gasteiger partial charge in [-0.2, -0.15) is 0 Å². The number of methoxy groups -OCH3 is 1. The first-order valence-corrected chi connectivity index (χ1v) is 6.94. The highest BCUT2D eigenvalue weighted by molar-refractivity contribution is 6.31. The number of nitrogens with two attached hydrogens (primary N) is 1. The molecule has 104 valence electrons. The van der Waals surface area contributed by atoms with Crippen LogP contribution in [0, 0.1) is 0 Å². The highest BCUT2D eigenvalue weighted by Gasteiger charge is 2.12. The summed E-state index contributed by atoms with van der Waals surface area (Å²) in [4.78, 5) is 0. The Bertz CT molecular complexity index is 563. The van der Waals surface area contributed by atoms with Crippen molar-refractivity contribution in [2.24, 2.45) is 5.73 Å². The topological polar surface area (TPSA) is 40.2 Å². The first-order valence-electron chi connectivity index (χ1n) is 6.57. The van der Waals surface area contributed by atoms with Crippen molar-refractivity contribution < 1.29 is 4.74 Å². The van der Waals surface area contributed by atoms with Gasteiger partial charge in [0.2, 0.25) is 0 Å². The van der Waals surface area contributed by atoms with E-state index in [4.69, 9.17) is 22.1 Å². The van der Waals surface area contributed by atoms with Crippen LogP contribution >= 0.6 is 11.6 Å². The number of halogens is 1. The van der Waals surface area contributed by atoms with Crippen LogP contribution in [-0.4, -0.2) is 23.8 Å². The van der Waals surface area contributed by atoms with Gasteiger partial charge >= 0.3 is 0 Å². The van der Waals surface area contributed by atoms with Gasteiger partial charge < -0.3 is 15.0 Å². The van der Waals surface area contributed by atoms with Crippen molar-refractivity contribution in [3.05, 3.63) is 35.0 Å². The summed E-state index contributed by atoms with van der Waals surface area (Å²) in [7, 11) is 1.73. The quantitative estimate of drug-likeness (QED) is 0.913. The van der Waals surface area contributed by atoms with Crippen LogP contribution in [0.1, 0.15) is 19.4 Å². The molecule has 2 unspecified atom stereocenters. The Morgan fingerprint density at radius 1 is 1.37 bits per heavy atom. The number of hydrogen-bond donors (Lipinski definition) is 1. The van der Waals surface area contributed by atoms with Gasteiger partial charge in [0.1, 0.15) is 0 Å². The van der Waals surface area contributed by atoms with Crippen LogP contribution in [0.3, 0.4) is 0 Å². The molecule has 2 rings (SSSR count). The fraction of sp³-hybridized carbons (Fsp3) is 0.467. The average Bonchev–Trinajstić information content (AvgIpc) is 2.66. The predicted molar refractivity (Wildman–Crippen MR) is 80.8 cm³/mol. The third kappa shape index (κ3) is 3.30. The van der Waals surface area contributed by atoms with E-state index in [0.717, 1.165) is 23.5 Å². The minimum atomic E-state index is 0.148. The molecular formula is C15H21ClN2O. The molecule has 0 bridgehead atoms. The van der Waals surface area contributed by atoms with E-state index in [1.165, 1.54) is 10.9 Å². The Morgan fingerprint density at radius 2 is 2.11 bits per heavy atom. The van der Waals surface area contributed by atoms with E-state index in [0.29, 0.717) is 0 Å². The molecule has 0 aliphatic carbocycles. The third-order valence-electron chi connectivity index (χ3n) is 3.32. The molecule has 4 heteroatoms. The number of rotatable bonds is 5. The zero-order valence-corrected chi connectivity index (χ0v) is 12.4. The number of aromatic nitrogens is 1. The fourth-order valence-corrected chi connectivity index (χ4v) is 2.52. The molecule has 0 saturated carbocycles. The van der Waals surface area contributed by atoms with Gasteiger partial charge in [-0.05, 0) is 38.0 Å². The maximum Gasteiger partial charge on any atom is 0.0722 e. The Morgan fingerprint density at radius 3 is 2.74 bits per heavy atom. The molecule has 1 heterocycles. The van der Waals surface area contributed by atoms with E-state index in [1.54, 1.807) is 7.11 Å². The van der Waals surface area contributed by atoms with Gasteiger partial charge in [-0.1, -0.05) is 17.7 Å². The molecule has 2 atom stereocenters. The Labute approximate surface area is 119 Å². The van der Waals surface area contributed by atoms with E-state index in [-0.39, 0.29) is 12.1 Å². The maximum absolute atomic E-state index is 6.11. The molecule has 19 heavy (non-hydrogen) atoms. The monoisotopic (exact) mass is 280 g/mol. The van der Waals surface area contributed by atoms with Gasteiger partial charge in [-0.15, -0.1) is 0 Å². The first kappa shape index (κ1) is 14.4. The number of nitrogens with zero attached hydrogens (tertiary/aromatic N) is 1. The van der Waals surface area contributed by atoms with Gasteiger partial charge in [-0.3, -0.25) is 0 Å². The summed E-state index contributed by atoms with van der Waals surface area (Å²) in [5.41, 5.74) is 8.34. The highest BCUT2D eigenvalue weighted by atomic mass is 35.5. The van der Waals surface area contributed by atoms with Crippen LogP contribution in [0.5, 0.6) is 0 Å². The van der Waals surface area contributed by atoms with Crippen molar-refractivity contribution in [3.8, 4) is 0 Å². The lowest BCUT2D eigenvalue weighted by Gasteiger charge is -2.11. The van der Waals surface area contributed by atoms with E-state index in [9.17, 15) is 0 Å². The molecule has 2 aromatic rings. The molecule has 0 amide bonds. The van der Waals surface area contributed by atoms with E-state index >= 15 is 0 Å². The van der Waals surface area contributed by atoms with Crippen LogP contribution in [-0.2, 0) is 17.7 Å². The van der Waals surface area contributed by atoms with Crippen molar-refractivity contribution in [2.45, 2.75) is 39.0 Å². The van der Waals surface area contributed by atoms with Crippen molar-refractivity contribution in [3.63, 3.8) is 0 Å². The predicted octanol–water partition coefficient (Wildman–Crippen LogP) is 3.22. The molecular weight excluding hydrogens is 260 g/mol. The third-order valence-corrected chi connectivity index (χ3v) is 3.56. The number of fused-ring (bicyclic) bond motifs is 1. The average molecular weight is 281 g/mol. The zero-order valence-electron chi connectivity index (χ0n) is 11.7. The largest absolute Gasteiger partial charge is 0.380 e. The number of hydrogen-bond acceptors (Lipinski definition) is 2. The van der Waals surface area contributed by atoms with Gasteiger partial charge in [0.05, 0.1) is 6.10 Å². The zero-order chi connectivity index (χ0) is 14.0. The lowest BCUT2D eigenvalue weighted by molar-refractivity contribution is 0.104. The van der Waals surface area contributed by atoms with E-state index in [2.05, 4.69) is 23.8 Å². The van der Waals surface area contributed by atoms with Gasteiger partial charge in [0, 0.05) is 41.8 Å². The number of ether oxygens (including phenoxy) is 1. The smallest absolute Gasteiger partial charge is 0.0722 e. The van der Waals surface area contributed by atoms with Crippen LogP contribution in [0.15, 0.2) is 24.4 Å². The van der Waals surface area contributed by atoms with Gasteiger partial charge in [0.15, 0.2) is 0 Å². The second-order valence-corrected chi connectivity index (χ2v) is 5.63. The molecule has 0 fully saturated rings. The summed E-state index contributed by atoms with van der Waals surface area (Å²) in [5, 5.41) is 1.98. The molecule has 3 nitrogen and oxygen atoms in total. The van der Waals surface area contributed by atoms with E-state index in [1.807, 2.05) is 19.1 Å². The normalized spacial score (nSPS) is 14.8. The molecule has 1 aromatic carbocycles. The highest BCUT2D eigenvalue weighted by Crippen LogP contribution is 2.26. The maximum atomic E-state index is 6.11. The minimum Gasteiger partial charge on any atom is -0.380 e. The molecule has 1 aromatic heterocycles. The minimum absolute atomic E-state index is 0.148. The summed E-state index contributed by atoms with van der Waals surface area (Å²) in [6, 6.07) is 6.15. The van der Waals surface area contributed by atoms with Crippen LogP contribution in [0.25, 0.3) is 10.9 Å². The molecule has 0 aliphatic heterocycles. The molecule has 0 saturated heterocycles. The van der Waals surface area contributed by atoms with Crippen molar-refractivity contribution in [1.29, 1.82) is 0 Å². The fourth-order valence-electron chi connectivity index (χ4n) is 2.35. The second-order valence-electron chi connectivity index (χ2n) is 5.20. The van der Waals surface area contributed by atoms with Crippen molar-refractivity contribution in [1.82, 2.24) is 4.57 Å². The van der Waals surface area contributed by atoms with Crippen molar-refractivity contribution in [2.75, 3.05) is 7.11 Å². The standard InChI is InChI=1S/C15H21ClN2O/c1-10(17)6-12-9-18(8-11(2)19-3)15-7-13(16)4-5-14(12)15/h4-5,7,9-11H,6,8,17H2,1-3H3. The summed E-state index contributed by atoms with van der Waals surface area (Å²) >= 11 is 6.11. The lowest BCUT2D eigenvalue weighted by atomic mass is 10.1. The summed E-state index contributed by atoms with van der Waals surface area (Å²) in [5.74, 6) is 0. The summed E-state index contributed by atoms with van der Waals surface area (Å²) in [6.45, 7) is 4.89. The Balaban J connectivity index is 2.47. The van der Waals surface area contributed by atoms with Crippen LogP contribution < -0.4 is 5.73 Å². The second kappa shape index (κ2) is 5.95. The van der Waals surface area contributed by atoms with Crippen molar-refractivity contribution >= 4 is 22.5 Å². The molecule has 0 aliphatic rings. The molecule has 0 radical (unpaired) electrons. The molecule has 0 spiro atoms. The summed E-state index contributed by atoms with van der Waals surface area (Å²) < 4.78 is 7.55. The van der Waals surface area contributed by atoms with Gasteiger partial charge in [-0.25, -0.2) is 0 Å². The number of benzene rings is 1. The van der Waals surface area contributed by atoms with Crippen LogP contribution in [0.2, 0.25) is 5.02 Å². The lowest BCUT2D eigenvalue weighted by Crippen LogP contribution is -2.17. The summed E-state index contributed by atoms with van der Waals surface area (Å²) in [6.07, 6.45) is 3.20. The van der Waals surface area contributed by atoms with Crippen LogP contribution in [0.4, 0.5) is 0 Å². The first-order chi connectivity index (χ1) is 9.01. The van der Waals surface area contributed by atoms with E-state index < -0.39 is 0 Å². The van der Waals surface area contributed by atoms with Gasteiger partial charge in [0.25, 0.3) is 0 Å². The Kier molecular flexibility index (Phi) is 4.50. The SMILES string of the molecule is COC(C)Cn1cc(CC(C)N)c2ccc(Cl)cc21. The molecule has 2 N–H and O–H groups in total. The Hall–Kier alpha value is -1.03.